The second-order valence-electron chi connectivity index (χ2n) is 5.51. The molecule has 1 amide bonds. The normalized spacial score (nSPS) is 13.0. The second-order valence-corrected chi connectivity index (χ2v) is 5.51. The van der Waals surface area contributed by atoms with Gasteiger partial charge in [0.25, 0.3) is 0 Å². The molecule has 0 saturated heterocycles. The van der Waals surface area contributed by atoms with Gasteiger partial charge in [-0.3, -0.25) is 9.63 Å². The number of hydrogen-bond acceptors (Lipinski definition) is 4. The van der Waals surface area contributed by atoms with Crippen LogP contribution in [0.25, 0.3) is 0 Å². The summed E-state index contributed by atoms with van der Waals surface area (Å²) in [6.45, 7) is 5.93. The van der Waals surface area contributed by atoms with Crippen LogP contribution in [0.5, 0.6) is 0 Å². The van der Waals surface area contributed by atoms with E-state index in [9.17, 15) is 9.90 Å². The standard InChI is InChI=1S/C15H23NO4/c1-15(2,3)20-16(12-18)14(9-17)11-19-10-13-7-5-4-6-8-13/h4-8,12,14,17H,9-11H2,1-3H3. The number of carbonyl (C=O) groups excluding carboxylic acids is 1. The molecule has 0 bridgehead atoms. The van der Waals surface area contributed by atoms with Crippen LogP contribution in [0.3, 0.4) is 0 Å². The van der Waals surface area contributed by atoms with Gasteiger partial charge in [0.15, 0.2) is 0 Å². The van der Waals surface area contributed by atoms with Crippen molar-refractivity contribution in [2.75, 3.05) is 13.2 Å². The van der Waals surface area contributed by atoms with Crippen LogP contribution >= 0.6 is 0 Å². The number of amides is 1. The molecule has 1 N–H and O–H groups in total. The average Bonchev–Trinajstić information content (AvgIpc) is 2.41. The first kappa shape index (κ1) is 16.6. The molecule has 0 fully saturated rings. The first-order valence-corrected chi connectivity index (χ1v) is 6.61. The fraction of sp³-hybridized carbons (Fsp3) is 0.533. The summed E-state index contributed by atoms with van der Waals surface area (Å²) in [6, 6.07) is 9.20. The third kappa shape index (κ3) is 6.14. The zero-order valence-corrected chi connectivity index (χ0v) is 12.3. The predicted octanol–water partition coefficient (Wildman–Crippen LogP) is 1.75. The van der Waals surface area contributed by atoms with Crippen molar-refractivity contribution in [2.24, 2.45) is 0 Å². The van der Waals surface area contributed by atoms with Gasteiger partial charge in [-0.15, -0.1) is 0 Å². The first-order chi connectivity index (χ1) is 9.46. The minimum atomic E-state index is -0.518. The Morgan fingerprint density at radius 3 is 2.45 bits per heavy atom. The summed E-state index contributed by atoms with van der Waals surface area (Å²) in [6.07, 6.45) is 0.567. The molecular formula is C15H23NO4. The van der Waals surface area contributed by atoms with Gasteiger partial charge >= 0.3 is 0 Å². The number of nitrogens with zero attached hydrogens (tertiary/aromatic N) is 1. The van der Waals surface area contributed by atoms with Gasteiger partial charge in [-0.05, 0) is 26.3 Å². The van der Waals surface area contributed by atoms with Crippen molar-refractivity contribution >= 4 is 6.41 Å². The van der Waals surface area contributed by atoms with Crippen molar-refractivity contribution in [3.8, 4) is 0 Å². The van der Waals surface area contributed by atoms with Gasteiger partial charge in [0.05, 0.1) is 25.4 Å². The lowest BCUT2D eigenvalue weighted by molar-refractivity contribution is -0.241. The van der Waals surface area contributed by atoms with Gasteiger partial charge in [0, 0.05) is 0 Å². The lowest BCUT2D eigenvalue weighted by atomic mass is 10.2. The van der Waals surface area contributed by atoms with E-state index in [1.54, 1.807) is 0 Å². The minimum Gasteiger partial charge on any atom is -0.394 e. The van der Waals surface area contributed by atoms with Gasteiger partial charge in [0.2, 0.25) is 6.41 Å². The molecule has 0 spiro atoms. The Bertz CT molecular complexity index is 389. The zero-order valence-electron chi connectivity index (χ0n) is 12.3. The molecule has 0 aromatic heterocycles. The van der Waals surface area contributed by atoms with Gasteiger partial charge < -0.3 is 9.84 Å². The van der Waals surface area contributed by atoms with Crippen molar-refractivity contribution < 1.29 is 19.5 Å². The average molecular weight is 281 g/mol. The fourth-order valence-corrected chi connectivity index (χ4v) is 1.59. The molecule has 1 aromatic rings. The van der Waals surface area contributed by atoms with Crippen molar-refractivity contribution in [3.05, 3.63) is 35.9 Å². The number of ether oxygens (including phenoxy) is 1. The van der Waals surface area contributed by atoms with E-state index in [1.807, 2.05) is 51.1 Å². The van der Waals surface area contributed by atoms with Crippen molar-refractivity contribution in [3.63, 3.8) is 0 Å². The maximum Gasteiger partial charge on any atom is 0.233 e. The Balaban J connectivity index is 2.47. The monoisotopic (exact) mass is 281 g/mol. The van der Waals surface area contributed by atoms with Crippen molar-refractivity contribution in [1.82, 2.24) is 5.06 Å². The van der Waals surface area contributed by atoms with Gasteiger partial charge in [0.1, 0.15) is 6.04 Å². The van der Waals surface area contributed by atoms with E-state index >= 15 is 0 Å². The lowest BCUT2D eigenvalue weighted by Crippen LogP contribution is -2.44. The molecule has 0 aliphatic carbocycles. The SMILES string of the molecule is CC(C)(C)ON(C=O)C(CO)COCc1ccccc1. The molecular weight excluding hydrogens is 258 g/mol. The Kier molecular flexibility index (Phi) is 6.64. The summed E-state index contributed by atoms with van der Waals surface area (Å²) in [5.74, 6) is 0. The van der Waals surface area contributed by atoms with E-state index < -0.39 is 11.6 Å². The largest absolute Gasteiger partial charge is 0.394 e. The van der Waals surface area contributed by atoms with E-state index in [2.05, 4.69) is 0 Å². The number of carbonyl (C=O) groups is 1. The van der Waals surface area contributed by atoms with E-state index in [0.29, 0.717) is 13.0 Å². The summed E-state index contributed by atoms with van der Waals surface area (Å²) >= 11 is 0. The molecule has 20 heavy (non-hydrogen) atoms. The quantitative estimate of drug-likeness (QED) is 0.582. The summed E-state index contributed by atoms with van der Waals surface area (Å²) < 4.78 is 5.53. The van der Waals surface area contributed by atoms with E-state index in [4.69, 9.17) is 9.57 Å². The summed E-state index contributed by atoms with van der Waals surface area (Å²) in [4.78, 5) is 16.5. The Hall–Kier alpha value is -1.43. The topological polar surface area (TPSA) is 59.0 Å². The van der Waals surface area contributed by atoms with Gasteiger partial charge in [-0.1, -0.05) is 30.3 Å². The lowest BCUT2D eigenvalue weighted by Gasteiger charge is -2.31. The van der Waals surface area contributed by atoms with Crippen LogP contribution in [0.2, 0.25) is 0 Å². The molecule has 112 valence electrons. The van der Waals surface area contributed by atoms with E-state index in [-0.39, 0.29) is 13.2 Å². The van der Waals surface area contributed by atoms with Crippen LogP contribution in [-0.2, 0) is 21.0 Å². The number of aliphatic hydroxyl groups excluding tert-OH is 1. The van der Waals surface area contributed by atoms with Crippen LogP contribution in [0, 0.1) is 0 Å². The maximum absolute atomic E-state index is 11.1. The maximum atomic E-state index is 11.1. The van der Waals surface area contributed by atoms with Gasteiger partial charge in [-0.2, -0.15) is 0 Å². The number of benzene rings is 1. The third-order valence-corrected chi connectivity index (χ3v) is 2.48. The first-order valence-electron chi connectivity index (χ1n) is 6.61. The Morgan fingerprint density at radius 1 is 1.30 bits per heavy atom. The van der Waals surface area contributed by atoms with Crippen LogP contribution < -0.4 is 0 Å². The van der Waals surface area contributed by atoms with E-state index in [1.165, 1.54) is 0 Å². The number of rotatable bonds is 8. The summed E-state index contributed by atoms with van der Waals surface area (Å²) in [7, 11) is 0. The summed E-state index contributed by atoms with van der Waals surface area (Å²) in [5, 5.41) is 10.5. The van der Waals surface area contributed by atoms with Crippen molar-refractivity contribution in [1.29, 1.82) is 0 Å². The number of hydrogen-bond donors (Lipinski definition) is 1. The molecule has 1 atom stereocenters. The highest BCUT2D eigenvalue weighted by Crippen LogP contribution is 2.12. The van der Waals surface area contributed by atoms with Gasteiger partial charge in [-0.25, -0.2) is 5.06 Å². The third-order valence-electron chi connectivity index (χ3n) is 2.48. The van der Waals surface area contributed by atoms with Crippen LogP contribution in [0.4, 0.5) is 0 Å². The predicted molar refractivity (Wildman–Crippen MR) is 75.7 cm³/mol. The molecule has 5 heteroatoms. The molecule has 1 aromatic carbocycles. The molecule has 0 saturated carbocycles. The highest BCUT2D eigenvalue weighted by atomic mass is 16.7. The molecule has 0 radical (unpaired) electrons. The Morgan fingerprint density at radius 2 is 1.95 bits per heavy atom. The fourth-order valence-electron chi connectivity index (χ4n) is 1.59. The molecule has 0 heterocycles. The van der Waals surface area contributed by atoms with Crippen LogP contribution in [0.15, 0.2) is 30.3 Å². The van der Waals surface area contributed by atoms with Crippen molar-refractivity contribution in [2.45, 2.75) is 39.0 Å². The van der Waals surface area contributed by atoms with E-state index in [0.717, 1.165) is 10.6 Å². The molecule has 0 aliphatic rings. The second kappa shape index (κ2) is 7.99. The number of hydroxylamine groups is 2. The smallest absolute Gasteiger partial charge is 0.233 e. The zero-order chi connectivity index (χ0) is 15.0. The molecule has 1 unspecified atom stereocenters. The minimum absolute atomic E-state index is 0.209. The highest BCUT2D eigenvalue weighted by Gasteiger charge is 2.23. The van der Waals surface area contributed by atoms with Crippen LogP contribution in [0.1, 0.15) is 26.3 Å². The molecule has 1 rings (SSSR count). The molecule has 0 aliphatic heterocycles. The molecule has 5 nitrogen and oxygen atoms in total. The highest BCUT2D eigenvalue weighted by molar-refractivity contribution is 5.45. The summed E-state index contributed by atoms with van der Waals surface area (Å²) in [5.41, 5.74) is 0.534. The number of aliphatic hydroxyl groups is 1. The van der Waals surface area contributed by atoms with Crippen LogP contribution in [-0.4, -0.2) is 41.4 Å². The Labute approximate surface area is 120 Å².